The number of rotatable bonds is 3. The molecule has 1 aliphatic heterocycles. The summed E-state index contributed by atoms with van der Waals surface area (Å²) in [5.74, 6) is 0.556. The van der Waals surface area contributed by atoms with Gasteiger partial charge >= 0.3 is 0 Å². The standard InChI is InChI=1S/C21H26N2O/c1-14-6-11-19-15(2)13-21(4,5)23(20(19)12-14)16(3)17-7-9-18(22-24)10-8-17/h6-12,15-16H,13H2,1-5H3. The van der Waals surface area contributed by atoms with E-state index in [0.29, 0.717) is 11.6 Å². The van der Waals surface area contributed by atoms with Crippen molar-refractivity contribution in [3.8, 4) is 0 Å². The van der Waals surface area contributed by atoms with E-state index in [0.717, 1.165) is 6.42 Å². The van der Waals surface area contributed by atoms with Gasteiger partial charge in [0.25, 0.3) is 0 Å². The Morgan fingerprint density at radius 1 is 1.17 bits per heavy atom. The largest absolute Gasteiger partial charge is 0.359 e. The van der Waals surface area contributed by atoms with Gasteiger partial charge in [-0.05, 0) is 80.1 Å². The molecule has 0 aliphatic carbocycles. The first-order valence-corrected chi connectivity index (χ1v) is 8.66. The predicted octanol–water partition coefficient (Wildman–Crippen LogP) is 6.25. The highest BCUT2D eigenvalue weighted by Gasteiger charge is 2.39. The molecule has 0 bridgehead atoms. The van der Waals surface area contributed by atoms with Crippen LogP contribution in [0.15, 0.2) is 47.6 Å². The number of anilines is 1. The summed E-state index contributed by atoms with van der Waals surface area (Å²) in [6, 6.07) is 14.7. The van der Waals surface area contributed by atoms with Crippen molar-refractivity contribution in [1.82, 2.24) is 0 Å². The molecule has 0 saturated heterocycles. The molecule has 2 unspecified atom stereocenters. The number of hydrogen-bond acceptors (Lipinski definition) is 3. The molecule has 0 radical (unpaired) electrons. The van der Waals surface area contributed by atoms with E-state index in [9.17, 15) is 4.91 Å². The zero-order valence-electron chi connectivity index (χ0n) is 15.2. The lowest BCUT2D eigenvalue weighted by Crippen LogP contribution is -2.49. The summed E-state index contributed by atoms with van der Waals surface area (Å²) in [5, 5.41) is 3.01. The maximum Gasteiger partial charge on any atom is 0.108 e. The molecular weight excluding hydrogens is 296 g/mol. The van der Waals surface area contributed by atoms with Crippen molar-refractivity contribution in [3.05, 3.63) is 64.1 Å². The molecular formula is C21H26N2O. The van der Waals surface area contributed by atoms with E-state index in [1.807, 2.05) is 12.1 Å². The van der Waals surface area contributed by atoms with Gasteiger partial charge in [-0.15, -0.1) is 4.91 Å². The smallest absolute Gasteiger partial charge is 0.108 e. The number of fused-ring (bicyclic) bond motifs is 1. The average molecular weight is 322 g/mol. The Labute approximate surface area is 144 Å². The van der Waals surface area contributed by atoms with Crippen molar-refractivity contribution < 1.29 is 0 Å². The van der Waals surface area contributed by atoms with Crippen LogP contribution < -0.4 is 4.90 Å². The molecule has 1 aliphatic rings. The molecule has 0 spiro atoms. The molecule has 24 heavy (non-hydrogen) atoms. The predicted molar refractivity (Wildman–Crippen MR) is 101 cm³/mol. The van der Waals surface area contributed by atoms with E-state index in [-0.39, 0.29) is 11.6 Å². The number of aryl methyl sites for hydroxylation is 1. The van der Waals surface area contributed by atoms with Crippen LogP contribution in [0.1, 0.15) is 62.8 Å². The summed E-state index contributed by atoms with van der Waals surface area (Å²) >= 11 is 0. The van der Waals surface area contributed by atoms with Crippen LogP contribution in [-0.4, -0.2) is 5.54 Å². The minimum Gasteiger partial charge on any atom is -0.359 e. The van der Waals surface area contributed by atoms with Crippen molar-refractivity contribution in [2.24, 2.45) is 5.18 Å². The van der Waals surface area contributed by atoms with Crippen molar-refractivity contribution in [3.63, 3.8) is 0 Å². The van der Waals surface area contributed by atoms with E-state index in [4.69, 9.17) is 0 Å². The first-order chi connectivity index (χ1) is 11.3. The Morgan fingerprint density at radius 2 is 1.83 bits per heavy atom. The molecule has 0 fully saturated rings. The van der Waals surface area contributed by atoms with Gasteiger partial charge in [-0.25, -0.2) is 0 Å². The fourth-order valence-corrected chi connectivity index (χ4v) is 4.26. The summed E-state index contributed by atoms with van der Waals surface area (Å²) in [6.45, 7) is 11.4. The summed E-state index contributed by atoms with van der Waals surface area (Å²) in [7, 11) is 0. The highest BCUT2D eigenvalue weighted by Crippen LogP contribution is 2.47. The minimum absolute atomic E-state index is 0.0706. The van der Waals surface area contributed by atoms with Crippen molar-refractivity contribution in [2.75, 3.05) is 4.90 Å². The molecule has 1 heterocycles. The van der Waals surface area contributed by atoms with Crippen LogP contribution in [0.5, 0.6) is 0 Å². The molecule has 126 valence electrons. The van der Waals surface area contributed by atoms with Gasteiger partial charge in [0.05, 0.1) is 6.04 Å². The van der Waals surface area contributed by atoms with Gasteiger partial charge in [-0.2, -0.15) is 0 Å². The van der Waals surface area contributed by atoms with Crippen molar-refractivity contribution >= 4 is 11.4 Å². The molecule has 3 rings (SSSR count). The molecule has 0 aromatic heterocycles. The molecule has 2 aromatic carbocycles. The zero-order valence-corrected chi connectivity index (χ0v) is 15.2. The van der Waals surface area contributed by atoms with Crippen LogP contribution in [0, 0.1) is 11.8 Å². The lowest BCUT2D eigenvalue weighted by Gasteiger charge is -2.51. The monoisotopic (exact) mass is 322 g/mol. The summed E-state index contributed by atoms with van der Waals surface area (Å²) in [5.41, 5.74) is 5.81. The van der Waals surface area contributed by atoms with Crippen molar-refractivity contribution in [2.45, 2.75) is 58.5 Å². The van der Waals surface area contributed by atoms with Gasteiger partial charge in [0.2, 0.25) is 0 Å². The van der Waals surface area contributed by atoms with E-state index in [1.165, 1.54) is 22.4 Å². The molecule has 0 amide bonds. The Balaban J connectivity index is 2.08. The Morgan fingerprint density at radius 3 is 2.46 bits per heavy atom. The second-order valence-electron chi connectivity index (χ2n) is 7.71. The Bertz CT molecular complexity index is 749. The lowest BCUT2D eigenvalue weighted by molar-refractivity contribution is 0.351. The topological polar surface area (TPSA) is 32.7 Å². The van der Waals surface area contributed by atoms with Crippen LogP contribution in [0.4, 0.5) is 11.4 Å². The first kappa shape index (κ1) is 16.7. The van der Waals surface area contributed by atoms with Gasteiger partial charge in [-0.3, -0.25) is 0 Å². The van der Waals surface area contributed by atoms with E-state index in [2.05, 4.69) is 62.9 Å². The number of nitrogens with zero attached hydrogens (tertiary/aromatic N) is 2. The van der Waals surface area contributed by atoms with Crippen LogP contribution in [0.3, 0.4) is 0 Å². The molecule has 2 aromatic rings. The lowest BCUT2D eigenvalue weighted by atomic mass is 9.78. The third-order valence-corrected chi connectivity index (χ3v) is 5.30. The Kier molecular flexibility index (Phi) is 4.20. The average Bonchev–Trinajstić information content (AvgIpc) is 2.53. The number of hydrogen-bond donors (Lipinski definition) is 0. The van der Waals surface area contributed by atoms with Crippen LogP contribution in [0.2, 0.25) is 0 Å². The SMILES string of the molecule is Cc1ccc2c(c1)N(C(C)c1ccc(N=O)cc1)C(C)(C)CC2C. The van der Waals surface area contributed by atoms with Crippen LogP contribution in [0.25, 0.3) is 0 Å². The third-order valence-electron chi connectivity index (χ3n) is 5.30. The van der Waals surface area contributed by atoms with E-state index in [1.54, 1.807) is 12.1 Å². The highest BCUT2D eigenvalue weighted by molar-refractivity contribution is 5.62. The van der Waals surface area contributed by atoms with Crippen molar-refractivity contribution in [1.29, 1.82) is 0 Å². The normalized spacial score (nSPS) is 20.4. The highest BCUT2D eigenvalue weighted by atomic mass is 16.3. The second-order valence-corrected chi connectivity index (χ2v) is 7.71. The molecule has 0 N–H and O–H groups in total. The molecule has 2 atom stereocenters. The molecule has 3 heteroatoms. The van der Waals surface area contributed by atoms with Crippen LogP contribution >= 0.6 is 0 Å². The molecule has 0 saturated carbocycles. The van der Waals surface area contributed by atoms with Gasteiger partial charge in [0.1, 0.15) is 5.69 Å². The second kappa shape index (κ2) is 6.04. The van der Waals surface area contributed by atoms with Crippen LogP contribution in [-0.2, 0) is 0 Å². The minimum atomic E-state index is 0.0706. The third kappa shape index (κ3) is 2.83. The van der Waals surface area contributed by atoms with Gasteiger partial charge in [0, 0.05) is 11.2 Å². The fraction of sp³-hybridized carbons (Fsp3) is 0.429. The number of nitroso groups, excluding NO2 is 1. The number of benzene rings is 2. The summed E-state index contributed by atoms with van der Waals surface area (Å²) in [4.78, 5) is 13.2. The zero-order chi connectivity index (χ0) is 17.5. The maximum atomic E-state index is 10.7. The van der Waals surface area contributed by atoms with Gasteiger partial charge < -0.3 is 4.90 Å². The Hall–Kier alpha value is -2.16. The summed E-state index contributed by atoms with van der Waals surface area (Å²) < 4.78 is 0. The van der Waals surface area contributed by atoms with E-state index < -0.39 is 0 Å². The van der Waals surface area contributed by atoms with Gasteiger partial charge in [0.15, 0.2) is 0 Å². The van der Waals surface area contributed by atoms with E-state index >= 15 is 0 Å². The maximum absolute atomic E-state index is 10.7. The first-order valence-electron chi connectivity index (χ1n) is 8.66. The fourth-order valence-electron chi connectivity index (χ4n) is 4.26. The summed E-state index contributed by atoms with van der Waals surface area (Å²) in [6.07, 6.45) is 1.13. The van der Waals surface area contributed by atoms with Gasteiger partial charge in [-0.1, -0.05) is 31.2 Å². The molecule has 3 nitrogen and oxygen atoms in total. The quantitative estimate of drug-likeness (QED) is 0.626.